The summed E-state index contributed by atoms with van der Waals surface area (Å²) in [5.74, 6) is 0.366. The molecule has 0 N–H and O–H groups in total. The largest absolute Gasteiger partial charge is 0.345 e. The van der Waals surface area contributed by atoms with Crippen LogP contribution in [-0.2, 0) is 16.0 Å². The maximum absolute atomic E-state index is 12.6. The molecule has 118 valence electrons. The van der Waals surface area contributed by atoms with Crippen LogP contribution in [0.3, 0.4) is 0 Å². The molecule has 2 aliphatic heterocycles. The fourth-order valence-corrected chi connectivity index (χ4v) is 3.71. The number of likely N-dealkylation sites (tertiary alicyclic amines) is 2. The van der Waals surface area contributed by atoms with Crippen molar-refractivity contribution in [2.24, 2.45) is 5.41 Å². The summed E-state index contributed by atoms with van der Waals surface area (Å²) in [4.78, 5) is 28.7. The smallest absolute Gasteiger partial charge is 0.230 e. The summed E-state index contributed by atoms with van der Waals surface area (Å²) in [6.45, 7) is 4.24. The van der Waals surface area contributed by atoms with E-state index >= 15 is 0 Å². The number of hydrogen-bond donors (Lipinski definition) is 0. The Bertz CT molecular complexity index is 577. The summed E-state index contributed by atoms with van der Waals surface area (Å²) in [5.41, 5.74) is 1.94. The van der Waals surface area contributed by atoms with Gasteiger partial charge in [0, 0.05) is 26.7 Å². The monoisotopic (exact) mass is 300 g/mol. The van der Waals surface area contributed by atoms with Crippen LogP contribution in [0.2, 0.25) is 0 Å². The van der Waals surface area contributed by atoms with Crippen molar-refractivity contribution >= 4 is 11.8 Å². The second-order valence-electron chi connectivity index (χ2n) is 6.84. The van der Waals surface area contributed by atoms with Crippen LogP contribution in [-0.4, -0.2) is 48.3 Å². The highest BCUT2D eigenvalue weighted by atomic mass is 16.2. The number of piperidine rings is 1. The Balaban J connectivity index is 1.68. The molecule has 1 spiro atoms. The zero-order valence-corrected chi connectivity index (χ0v) is 13.5. The molecule has 22 heavy (non-hydrogen) atoms. The molecule has 2 heterocycles. The van der Waals surface area contributed by atoms with Gasteiger partial charge in [0.05, 0.1) is 11.8 Å². The fourth-order valence-electron chi connectivity index (χ4n) is 3.71. The van der Waals surface area contributed by atoms with Gasteiger partial charge in [0.1, 0.15) is 0 Å². The summed E-state index contributed by atoms with van der Waals surface area (Å²) in [6, 6.07) is 8.11. The summed E-state index contributed by atoms with van der Waals surface area (Å²) < 4.78 is 0. The quantitative estimate of drug-likeness (QED) is 0.838. The molecule has 0 radical (unpaired) electrons. The minimum atomic E-state index is -0.310. The number of benzene rings is 1. The van der Waals surface area contributed by atoms with Gasteiger partial charge in [-0.1, -0.05) is 29.8 Å². The number of nitrogens with zero attached hydrogens (tertiary/aromatic N) is 2. The van der Waals surface area contributed by atoms with Gasteiger partial charge in [-0.3, -0.25) is 9.59 Å². The molecule has 4 heteroatoms. The third-order valence-electron chi connectivity index (χ3n) is 5.13. The average Bonchev–Trinajstić information content (AvgIpc) is 2.78. The first-order valence-corrected chi connectivity index (χ1v) is 8.09. The van der Waals surface area contributed by atoms with Crippen LogP contribution >= 0.6 is 0 Å². The number of hydrogen-bond acceptors (Lipinski definition) is 2. The predicted molar refractivity (Wildman–Crippen MR) is 85.4 cm³/mol. The van der Waals surface area contributed by atoms with Gasteiger partial charge < -0.3 is 9.80 Å². The first-order valence-electron chi connectivity index (χ1n) is 8.09. The fraction of sp³-hybridized carbons (Fsp3) is 0.556. The normalized spacial score (nSPS) is 25.1. The highest BCUT2D eigenvalue weighted by molar-refractivity contribution is 5.86. The molecule has 3 rings (SSSR count). The van der Waals surface area contributed by atoms with E-state index in [4.69, 9.17) is 0 Å². The number of amides is 2. The summed E-state index contributed by atoms with van der Waals surface area (Å²) in [5, 5.41) is 0. The Morgan fingerprint density at radius 2 is 1.91 bits per heavy atom. The standard InChI is InChI=1S/C18H24N2O2/c1-14-4-6-15(7-5-14)12-16(21)20-10-3-8-18(13-20)9-11-19(2)17(18)22/h4-7H,3,8-13H2,1-2H3. The van der Waals surface area contributed by atoms with E-state index in [9.17, 15) is 9.59 Å². The molecule has 2 fully saturated rings. The molecule has 2 aliphatic rings. The topological polar surface area (TPSA) is 40.6 Å². The van der Waals surface area contributed by atoms with Crippen LogP contribution in [0.5, 0.6) is 0 Å². The average molecular weight is 300 g/mol. The van der Waals surface area contributed by atoms with Crippen molar-refractivity contribution in [3.8, 4) is 0 Å². The molecule has 0 bridgehead atoms. The van der Waals surface area contributed by atoms with E-state index in [2.05, 4.69) is 0 Å². The molecule has 0 saturated carbocycles. The van der Waals surface area contributed by atoms with Gasteiger partial charge in [0.15, 0.2) is 0 Å². The van der Waals surface area contributed by atoms with E-state index in [0.29, 0.717) is 13.0 Å². The zero-order valence-electron chi connectivity index (χ0n) is 13.5. The maximum Gasteiger partial charge on any atom is 0.230 e. The van der Waals surface area contributed by atoms with Gasteiger partial charge in [-0.25, -0.2) is 0 Å². The molecule has 1 unspecified atom stereocenters. The van der Waals surface area contributed by atoms with Gasteiger partial charge in [-0.15, -0.1) is 0 Å². The zero-order chi connectivity index (χ0) is 15.7. The number of rotatable bonds is 2. The first-order chi connectivity index (χ1) is 10.5. The molecule has 2 saturated heterocycles. The molecule has 0 aromatic heterocycles. The number of carbonyl (C=O) groups excluding carboxylic acids is 2. The Morgan fingerprint density at radius 1 is 1.18 bits per heavy atom. The van der Waals surface area contributed by atoms with Crippen molar-refractivity contribution in [2.45, 2.75) is 32.6 Å². The minimum Gasteiger partial charge on any atom is -0.345 e. The lowest BCUT2D eigenvalue weighted by Crippen LogP contribution is -2.49. The van der Waals surface area contributed by atoms with E-state index < -0.39 is 0 Å². The minimum absolute atomic E-state index is 0.144. The van der Waals surface area contributed by atoms with Crippen LogP contribution in [0.15, 0.2) is 24.3 Å². The molecular weight excluding hydrogens is 276 g/mol. The van der Waals surface area contributed by atoms with E-state index in [0.717, 1.165) is 37.9 Å². The molecular formula is C18H24N2O2. The van der Waals surface area contributed by atoms with E-state index in [1.165, 1.54) is 5.56 Å². The van der Waals surface area contributed by atoms with Crippen LogP contribution < -0.4 is 0 Å². The Hall–Kier alpha value is -1.84. The van der Waals surface area contributed by atoms with Crippen LogP contribution in [0.4, 0.5) is 0 Å². The summed E-state index contributed by atoms with van der Waals surface area (Å²) in [7, 11) is 1.87. The lowest BCUT2D eigenvalue weighted by atomic mass is 9.78. The van der Waals surface area contributed by atoms with Crippen LogP contribution in [0.25, 0.3) is 0 Å². The molecule has 0 aliphatic carbocycles. The second-order valence-corrected chi connectivity index (χ2v) is 6.84. The van der Waals surface area contributed by atoms with Gasteiger partial charge in [-0.05, 0) is 31.7 Å². The molecule has 4 nitrogen and oxygen atoms in total. The van der Waals surface area contributed by atoms with Gasteiger partial charge in [0.2, 0.25) is 11.8 Å². The Labute approximate surface area is 132 Å². The highest BCUT2D eigenvalue weighted by Gasteiger charge is 2.48. The van der Waals surface area contributed by atoms with Gasteiger partial charge >= 0.3 is 0 Å². The van der Waals surface area contributed by atoms with E-state index in [1.54, 1.807) is 0 Å². The summed E-state index contributed by atoms with van der Waals surface area (Å²) >= 11 is 0. The van der Waals surface area contributed by atoms with Crippen molar-refractivity contribution in [2.75, 3.05) is 26.7 Å². The van der Waals surface area contributed by atoms with Crippen molar-refractivity contribution in [3.05, 3.63) is 35.4 Å². The molecule has 1 aromatic rings. The van der Waals surface area contributed by atoms with Crippen molar-refractivity contribution in [3.63, 3.8) is 0 Å². The third kappa shape index (κ3) is 2.74. The number of aryl methyl sites for hydroxylation is 1. The van der Waals surface area contributed by atoms with Crippen molar-refractivity contribution in [1.82, 2.24) is 9.80 Å². The summed E-state index contributed by atoms with van der Waals surface area (Å²) in [6.07, 6.45) is 3.17. The maximum atomic E-state index is 12.6. The van der Waals surface area contributed by atoms with Crippen LogP contribution in [0.1, 0.15) is 30.4 Å². The SMILES string of the molecule is Cc1ccc(CC(=O)N2CCCC3(CCN(C)C3=O)C2)cc1. The Morgan fingerprint density at radius 3 is 2.55 bits per heavy atom. The molecule has 1 aromatic carbocycles. The lowest BCUT2D eigenvalue weighted by Gasteiger charge is -2.39. The number of carbonyl (C=O) groups is 2. The highest BCUT2D eigenvalue weighted by Crippen LogP contribution is 2.39. The lowest BCUT2D eigenvalue weighted by molar-refractivity contribution is -0.142. The molecule has 1 atom stereocenters. The van der Waals surface area contributed by atoms with Crippen LogP contribution in [0, 0.1) is 12.3 Å². The van der Waals surface area contributed by atoms with Gasteiger partial charge in [0.25, 0.3) is 0 Å². The van der Waals surface area contributed by atoms with Crippen molar-refractivity contribution < 1.29 is 9.59 Å². The first kappa shape index (κ1) is 15.1. The third-order valence-corrected chi connectivity index (χ3v) is 5.13. The van der Waals surface area contributed by atoms with E-state index in [-0.39, 0.29) is 17.2 Å². The molecule has 2 amide bonds. The second kappa shape index (κ2) is 5.75. The predicted octanol–water partition coefficient (Wildman–Crippen LogP) is 2.01. The van der Waals surface area contributed by atoms with E-state index in [1.807, 2.05) is 48.0 Å². The Kier molecular flexibility index (Phi) is 3.94. The van der Waals surface area contributed by atoms with Crippen molar-refractivity contribution in [1.29, 1.82) is 0 Å². The van der Waals surface area contributed by atoms with Gasteiger partial charge in [-0.2, -0.15) is 0 Å².